The van der Waals surface area contributed by atoms with Crippen LogP contribution in [-0.2, 0) is 9.59 Å². The van der Waals surface area contributed by atoms with Crippen LogP contribution in [0.15, 0.2) is 0 Å². The van der Waals surface area contributed by atoms with E-state index in [0.29, 0.717) is 6.54 Å². The van der Waals surface area contributed by atoms with Crippen LogP contribution in [-0.4, -0.2) is 36.3 Å². The molecule has 1 unspecified atom stereocenters. The molecule has 1 rings (SSSR count). The van der Waals surface area contributed by atoms with E-state index in [1.165, 1.54) is 0 Å². The highest BCUT2D eigenvalue weighted by molar-refractivity contribution is 5.81. The molecule has 0 aromatic heterocycles. The van der Waals surface area contributed by atoms with Crippen molar-refractivity contribution in [2.75, 3.05) is 13.1 Å². The number of nitrogens with one attached hydrogen (secondary N) is 1. The average Bonchev–Trinajstić information content (AvgIpc) is 2.50. The number of hydrogen-bond acceptors (Lipinski definition) is 2. The zero-order valence-corrected chi connectivity index (χ0v) is 9.04. The molecule has 1 fully saturated rings. The van der Waals surface area contributed by atoms with Gasteiger partial charge in [0, 0.05) is 24.5 Å². The van der Waals surface area contributed by atoms with E-state index in [2.05, 4.69) is 5.32 Å². The van der Waals surface area contributed by atoms with E-state index in [0.717, 1.165) is 19.4 Å². The van der Waals surface area contributed by atoms with Gasteiger partial charge in [0.25, 0.3) is 0 Å². The van der Waals surface area contributed by atoms with E-state index in [-0.39, 0.29) is 17.4 Å². The van der Waals surface area contributed by atoms with Crippen molar-refractivity contribution in [2.24, 2.45) is 5.41 Å². The Balaban J connectivity index is 2.40. The molecule has 1 N–H and O–H groups in total. The molecule has 0 spiro atoms. The maximum atomic E-state index is 11.6. The topological polar surface area (TPSA) is 49.4 Å². The van der Waals surface area contributed by atoms with Crippen molar-refractivity contribution in [2.45, 2.75) is 33.2 Å². The summed E-state index contributed by atoms with van der Waals surface area (Å²) < 4.78 is 0. The molecule has 0 aromatic carbocycles. The van der Waals surface area contributed by atoms with Crippen molar-refractivity contribution < 1.29 is 9.59 Å². The first-order valence-electron chi connectivity index (χ1n) is 4.94. The molecule has 80 valence electrons. The first kappa shape index (κ1) is 11.0. The molecule has 2 amide bonds. The Morgan fingerprint density at radius 3 is 2.57 bits per heavy atom. The number of amides is 2. The Bertz CT molecular complexity index is 233. The van der Waals surface area contributed by atoms with E-state index >= 15 is 0 Å². The normalized spacial score (nSPS) is 22.2. The molecule has 4 nitrogen and oxygen atoms in total. The SMILES string of the molecule is CC(C)(C)C(=O)NC1CCN(C=O)C1. The molecule has 0 aromatic rings. The lowest BCUT2D eigenvalue weighted by Gasteiger charge is -2.21. The molecule has 1 atom stereocenters. The van der Waals surface area contributed by atoms with Crippen LogP contribution in [0.2, 0.25) is 0 Å². The Morgan fingerprint density at radius 2 is 2.14 bits per heavy atom. The van der Waals surface area contributed by atoms with Gasteiger partial charge < -0.3 is 10.2 Å². The highest BCUT2D eigenvalue weighted by Gasteiger charge is 2.27. The summed E-state index contributed by atoms with van der Waals surface area (Å²) in [5, 5.41) is 2.94. The second-order valence-electron chi connectivity index (χ2n) is 4.81. The van der Waals surface area contributed by atoms with Crippen molar-refractivity contribution in [3.05, 3.63) is 0 Å². The fourth-order valence-corrected chi connectivity index (χ4v) is 1.40. The maximum absolute atomic E-state index is 11.6. The van der Waals surface area contributed by atoms with Crippen molar-refractivity contribution >= 4 is 12.3 Å². The minimum Gasteiger partial charge on any atom is -0.351 e. The number of likely N-dealkylation sites (tertiary alicyclic amines) is 1. The van der Waals surface area contributed by atoms with Crippen LogP contribution in [0, 0.1) is 5.41 Å². The molecule has 0 aliphatic carbocycles. The van der Waals surface area contributed by atoms with Crippen LogP contribution in [0.1, 0.15) is 27.2 Å². The first-order chi connectivity index (χ1) is 6.43. The summed E-state index contributed by atoms with van der Waals surface area (Å²) in [4.78, 5) is 23.7. The molecule has 1 heterocycles. The summed E-state index contributed by atoms with van der Waals surface area (Å²) in [6.07, 6.45) is 1.70. The minimum absolute atomic E-state index is 0.0512. The lowest BCUT2D eigenvalue weighted by molar-refractivity contribution is -0.129. The molecule has 0 radical (unpaired) electrons. The largest absolute Gasteiger partial charge is 0.351 e. The quantitative estimate of drug-likeness (QED) is 0.652. The fourth-order valence-electron chi connectivity index (χ4n) is 1.40. The maximum Gasteiger partial charge on any atom is 0.225 e. The summed E-state index contributed by atoms with van der Waals surface area (Å²) in [5.74, 6) is 0.0512. The van der Waals surface area contributed by atoms with Crippen molar-refractivity contribution in [3.8, 4) is 0 Å². The standard InChI is InChI=1S/C10H18N2O2/c1-10(2,3)9(14)11-8-4-5-12(6-8)7-13/h7-8H,4-6H2,1-3H3,(H,11,14). The first-order valence-corrected chi connectivity index (χ1v) is 4.94. The third-order valence-electron chi connectivity index (χ3n) is 2.39. The molecule has 1 aliphatic heterocycles. The van der Waals surface area contributed by atoms with E-state index < -0.39 is 0 Å². The average molecular weight is 198 g/mol. The number of carbonyl (C=O) groups is 2. The fraction of sp³-hybridized carbons (Fsp3) is 0.800. The van der Waals surface area contributed by atoms with Gasteiger partial charge in [-0.3, -0.25) is 9.59 Å². The molecule has 0 saturated carbocycles. The third-order valence-corrected chi connectivity index (χ3v) is 2.39. The molecule has 1 saturated heterocycles. The van der Waals surface area contributed by atoms with E-state index in [1.54, 1.807) is 4.90 Å². The molecule has 4 heteroatoms. The van der Waals surface area contributed by atoms with E-state index in [4.69, 9.17) is 0 Å². The minimum atomic E-state index is -0.353. The number of carbonyl (C=O) groups excluding carboxylic acids is 2. The zero-order valence-electron chi connectivity index (χ0n) is 9.04. The summed E-state index contributed by atoms with van der Waals surface area (Å²) in [6.45, 7) is 7.04. The number of nitrogens with zero attached hydrogens (tertiary/aromatic N) is 1. The smallest absolute Gasteiger partial charge is 0.225 e. The Hall–Kier alpha value is -1.06. The van der Waals surface area contributed by atoms with Gasteiger partial charge in [-0.05, 0) is 6.42 Å². The van der Waals surface area contributed by atoms with Crippen LogP contribution in [0.5, 0.6) is 0 Å². The Kier molecular flexibility index (Phi) is 3.13. The summed E-state index contributed by atoms with van der Waals surface area (Å²) in [7, 11) is 0. The van der Waals surface area contributed by atoms with Gasteiger partial charge in [-0.2, -0.15) is 0 Å². The summed E-state index contributed by atoms with van der Waals surface area (Å²) in [6, 6.07) is 0.131. The van der Waals surface area contributed by atoms with Crippen molar-refractivity contribution in [3.63, 3.8) is 0 Å². The van der Waals surface area contributed by atoms with E-state index in [9.17, 15) is 9.59 Å². The van der Waals surface area contributed by atoms with Crippen LogP contribution in [0.3, 0.4) is 0 Å². The monoisotopic (exact) mass is 198 g/mol. The molecule has 14 heavy (non-hydrogen) atoms. The number of hydrogen-bond donors (Lipinski definition) is 1. The highest BCUT2D eigenvalue weighted by Crippen LogP contribution is 2.15. The molecular formula is C10H18N2O2. The van der Waals surface area contributed by atoms with Gasteiger partial charge >= 0.3 is 0 Å². The van der Waals surface area contributed by atoms with Gasteiger partial charge in [0.2, 0.25) is 12.3 Å². The van der Waals surface area contributed by atoms with Gasteiger partial charge in [-0.15, -0.1) is 0 Å². The zero-order chi connectivity index (χ0) is 10.8. The second-order valence-corrected chi connectivity index (χ2v) is 4.81. The predicted molar refractivity (Wildman–Crippen MR) is 53.6 cm³/mol. The second kappa shape index (κ2) is 3.98. The lowest BCUT2D eigenvalue weighted by Crippen LogP contribution is -2.42. The van der Waals surface area contributed by atoms with Gasteiger partial charge in [0.15, 0.2) is 0 Å². The van der Waals surface area contributed by atoms with Crippen LogP contribution >= 0.6 is 0 Å². The van der Waals surface area contributed by atoms with Crippen LogP contribution in [0.4, 0.5) is 0 Å². The predicted octanol–water partition coefficient (Wildman–Crippen LogP) is 0.379. The summed E-state index contributed by atoms with van der Waals surface area (Å²) >= 11 is 0. The Labute approximate surface area is 84.7 Å². The molecule has 1 aliphatic rings. The molecule has 0 bridgehead atoms. The number of rotatable bonds is 2. The van der Waals surface area contributed by atoms with Crippen molar-refractivity contribution in [1.82, 2.24) is 10.2 Å². The molecular weight excluding hydrogens is 180 g/mol. The lowest BCUT2D eigenvalue weighted by atomic mass is 9.95. The van der Waals surface area contributed by atoms with Gasteiger partial charge in [-0.25, -0.2) is 0 Å². The van der Waals surface area contributed by atoms with E-state index in [1.807, 2.05) is 20.8 Å². The van der Waals surface area contributed by atoms with Crippen LogP contribution in [0.25, 0.3) is 0 Å². The van der Waals surface area contributed by atoms with Gasteiger partial charge in [-0.1, -0.05) is 20.8 Å². The third kappa shape index (κ3) is 2.72. The van der Waals surface area contributed by atoms with Gasteiger partial charge in [0.1, 0.15) is 0 Å². The van der Waals surface area contributed by atoms with Gasteiger partial charge in [0.05, 0.1) is 0 Å². The van der Waals surface area contributed by atoms with Crippen molar-refractivity contribution in [1.29, 1.82) is 0 Å². The Morgan fingerprint density at radius 1 is 1.50 bits per heavy atom. The summed E-state index contributed by atoms with van der Waals surface area (Å²) in [5.41, 5.74) is -0.353. The highest BCUT2D eigenvalue weighted by atomic mass is 16.2. The van der Waals surface area contributed by atoms with Crippen LogP contribution < -0.4 is 5.32 Å².